The van der Waals surface area contributed by atoms with Crippen LogP contribution in [0.4, 0.5) is 5.13 Å². The van der Waals surface area contributed by atoms with Crippen molar-refractivity contribution >= 4 is 45.0 Å². The van der Waals surface area contributed by atoms with Crippen LogP contribution in [0.15, 0.2) is 18.2 Å². The Morgan fingerprint density at radius 1 is 1.57 bits per heavy atom. The van der Waals surface area contributed by atoms with Crippen LogP contribution in [0.1, 0.15) is 19.8 Å². The topological polar surface area (TPSA) is 63.2 Å². The van der Waals surface area contributed by atoms with Gasteiger partial charge in [0.2, 0.25) is 5.91 Å². The molecule has 1 atom stereocenters. The summed E-state index contributed by atoms with van der Waals surface area (Å²) < 4.78 is 6.49. The van der Waals surface area contributed by atoms with Gasteiger partial charge in [-0.3, -0.25) is 4.79 Å². The second-order valence-electron chi connectivity index (χ2n) is 4.72. The lowest BCUT2D eigenvalue weighted by Gasteiger charge is -2.08. The van der Waals surface area contributed by atoms with Gasteiger partial charge >= 0.3 is 0 Å². The molecule has 0 saturated carbocycles. The summed E-state index contributed by atoms with van der Waals surface area (Å²) in [5.74, 6) is 0.838. The molecule has 1 aliphatic rings. The lowest BCUT2D eigenvalue weighted by molar-refractivity contribution is -0.117. The first-order chi connectivity index (χ1) is 9.76. The Hall–Kier alpha value is -1.37. The average molecular weight is 328 g/mol. The second-order valence-corrected chi connectivity index (χ2v) is 5.75. The number of hydrogen-bond donors (Lipinski definition) is 2. The first kappa shape index (κ1) is 16.0. The predicted octanol–water partition coefficient (Wildman–Crippen LogP) is 2.81. The van der Waals surface area contributed by atoms with Gasteiger partial charge in [0.15, 0.2) is 5.13 Å². The minimum absolute atomic E-state index is 0. The van der Waals surface area contributed by atoms with E-state index in [9.17, 15) is 4.79 Å². The standard InChI is InChI=1S/C14H17N3O2S.ClH/c1-2-19-9-5-6-10-12(8-9)20-14(16-10)17-13(18)11-4-3-7-15-11;/h5-6,8,11,15H,2-4,7H2,1H3,(H,16,17,18);1H. The quantitative estimate of drug-likeness (QED) is 0.906. The van der Waals surface area contributed by atoms with Gasteiger partial charge in [-0.05, 0) is 44.5 Å². The Kier molecular flexibility index (Phi) is 5.39. The van der Waals surface area contributed by atoms with Crippen molar-refractivity contribution in [3.8, 4) is 5.75 Å². The lowest BCUT2D eigenvalue weighted by atomic mass is 10.2. The van der Waals surface area contributed by atoms with Gasteiger partial charge in [-0.25, -0.2) is 4.98 Å². The maximum atomic E-state index is 12.0. The number of halogens is 1. The van der Waals surface area contributed by atoms with E-state index in [4.69, 9.17) is 4.74 Å². The van der Waals surface area contributed by atoms with Gasteiger partial charge in [-0.15, -0.1) is 12.4 Å². The predicted molar refractivity (Wildman–Crippen MR) is 87.7 cm³/mol. The third-order valence-electron chi connectivity index (χ3n) is 3.28. The molecular formula is C14H18ClN3O2S. The van der Waals surface area contributed by atoms with E-state index in [0.29, 0.717) is 11.7 Å². The number of nitrogens with one attached hydrogen (secondary N) is 2. The highest BCUT2D eigenvalue weighted by molar-refractivity contribution is 7.22. The molecule has 1 unspecified atom stereocenters. The van der Waals surface area contributed by atoms with E-state index in [1.54, 1.807) is 0 Å². The Morgan fingerprint density at radius 3 is 3.14 bits per heavy atom. The van der Waals surface area contributed by atoms with Crippen LogP contribution >= 0.6 is 23.7 Å². The number of amides is 1. The molecule has 114 valence electrons. The molecule has 1 fully saturated rings. The van der Waals surface area contributed by atoms with Gasteiger partial charge in [-0.2, -0.15) is 0 Å². The fourth-order valence-electron chi connectivity index (χ4n) is 2.32. The molecule has 1 amide bonds. The molecule has 1 aliphatic heterocycles. The van der Waals surface area contributed by atoms with E-state index < -0.39 is 0 Å². The number of fused-ring (bicyclic) bond motifs is 1. The number of hydrogen-bond acceptors (Lipinski definition) is 5. The lowest BCUT2D eigenvalue weighted by Crippen LogP contribution is -2.35. The average Bonchev–Trinajstić information content (AvgIpc) is 3.06. The van der Waals surface area contributed by atoms with Crippen molar-refractivity contribution < 1.29 is 9.53 Å². The Bertz CT molecular complexity index is 626. The Labute approximate surface area is 133 Å². The number of carbonyl (C=O) groups is 1. The van der Waals surface area contributed by atoms with E-state index in [0.717, 1.165) is 35.4 Å². The van der Waals surface area contributed by atoms with Crippen LogP contribution in [-0.4, -0.2) is 30.1 Å². The van der Waals surface area contributed by atoms with Crippen molar-refractivity contribution in [2.24, 2.45) is 0 Å². The largest absolute Gasteiger partial charge is 0.494 e. The third kappa shape index (κ3) is 3.64. The summed E-state index contributed by atoms with van der Waals surface area (Å²) >= 11 is 1.47. The van der Waals surface area contributed by atoms with Crippen LogP contribution in [0, 0.1) is 0 Å². The molecule has 7 heteroatoms. The van der Waals surface area contributed by atoms with Crippen LogP contribution in [0.25, 0.3) is 10.2 Å². The normalized spacial score (nSPS) is 17.5. The fourth-order valence-corrected chi connectivity index (χ4v) is 3.21. The van der Waals surface area contributed by atoms with Crippen molar-refractivity contribution in [2.45, 2.75) is 25.8 Å². The zero-order valence-electron chi connectivity index (χ0n) is 11.7. The minimum atomic E-state index is -0.0824. The minimum Gasteiger partial charge on any atom is -0.494 e. The van der Waals surface area contributed by atoms with E-state index in [-0.39, 0.29) is 24.4 Å². The van der Waals surface area contributed by atoms with Crippen LogP contribution in [0.3, 0.4) is 0 Å². The number of carbonyl (C=O) groups excluding carboxylic acids is 1. The first-order valence-electron chi connectivity index (χ1n) is 6.84. The van der Waals surface area contributed by atoms with Crippen molar-refractivity contribution in [1.29, 1.82) is 0 Å². The van der Waals surface area contributed by atoms with Crippen LogP contribution in [0.2, 0.25) is 0 Å². The van der Waals surface area contributed by atoms with Gasteiger partial charge in [0, 0.05) is 0 Å². The second kappa shape index (κ2) is 7.06. The molecule has 3 rings (SSSR count). The zero-order valence-corrected chi connectivity index (χ0v) is 13.4. The summed E-state index contributed by atoms with van der Waals surface area (Å²) in [5.41, 5.74) is 0.883. The summed E-state index contributed by atoms with van der Waals surface area (Å²) in [6.07, 6.45) is 1.95. The molecule has 1 saturated heterocycles. The molecule has 2 aromatic rings. The van der Waals surface area contributed by atoms with Gasteiger partial charge in [0.05, 0.1) is 22.9 Å². The van der Waals surface area contributed by atoms with Crippen LogP contribution in [0.5, 0.6) is 5.75 Å². The van der Waals surface area contributed by atoms with E-state index in [1.165, 1.54) is 11.3 Å². The van der Waals surface area contributed by atoms with E-state index in [1.807, 2.05) is 25.1 Å². The SMILES string of the molecule is CCOc1ccc2nc(NC(=O)C3CCCN3)sc2c1.Cl. The number of benzene rings is 1. The Balaban J connectivity index is 0.00000161. The number of aromatic nitrogens is 1. The molecule has 0 bridgehead atoms. The van der Waals surface area contributed by atoms with Crippen molar-refractivity contribution in [2.75, 3.05) is 18.5 Å². The summed E-state index contributed by atoms with van der Waals surface area (Å²) in [7, 11) is 0. The molecule has 1 aromatic carbocycles. The molecule has 2 heterocycles. The third-order valence-corrected chi connectivity index (χ3v) is 4.21. The molecule has 2 N–H and O–H groups in total. The molecule has 1 aromatic heterocycles. The van der Waals surface area contributed by atoms with Crippen LogP contribution < -0.4 is 15.4 Å². The summed E-state index contributed by atoms with van der Waals surface area (Å²) in [6.45, 7) is 3.51. The molecule has 5 nitrogen and oxygen atoms in total. The molecule has 0 spiro atoms. The summed E-state index contributed by atoms with van der Waals surface area (Å²) in [5, 5.41) is 6.72. The van der Waals surface area contributed by atoms with Gasteiger partial charge < -0.3 is 15.4 Å². The van der Waals surface area contributed by atoms with Gasteiger partial charge in [0.1, 0.15) is 5.75 Å². The van der Waals surface area contributed by atoms with Crippen molar-refractivity contribution in [3.05, 3.63) is 18.2 Å². The number of thiazole rings is 1. The molecule has 0 aliphatic carbocycles. The monoisotopic (exact) mass is 327 g/mol. The van der Waals surface area contributed by atoms with Gasteiger partial charge in [-0.1, -0.05) is 11.3 Å². The number of rotatable bonds is 4. The summed E-state index contributed by atoms with van der Waals surface area (Å²) in [4.78, 5) is 16.5. The number of nitrogens with zero attached hydrogens (tertiary/aromatic N) is 1. The number of anilines is 1. The Morgan fingerprint density at radius 2 is 2.43 bits per heavy atom. The van der Waals surface area contributed by atoms with Gasteiger partial charge in [0.25, 0.3) is 0 Å². The fraction of sp³-hybridized carbons (Fsp3) is 0.429. The van der Waals surface area contributed by atoms with E-state index in [2.05, 4.69) is 15.6 Å². The highest BCUT2D eigenvalue weighted by Crippen LogP contribution is 2.29. The molecule has 0 radical (unpaired) electrons. The highest BCUT2D eigenvalue weighted by atomic mass is 35.5. The number of ether oxygens (including phenoxy) is 1. The first-order valence-corrected chi connectivity index (χ1v) is 7.65. The van der Waals surface area contributed by atoms with E-state index >= 15 is 0 Å². The van der Waals surface area contributed by atoms with Crippen molar-refractivity contribution in [1.82, 2.24) is 10.3 Å². The maximum absolute atomic E-state index is 12.0. The van der Waals surface area contributed by atoms with Crippen LogP contribution in [-0.2, 0) is 4.79 Å². The van der Waals surface area contributed by atoms with Crippen molar-refractivity contribution in [3.63, 3.8) is 0 Å². The highest BCUT2D eigenvalue weighted by Gasteiger charge is 2.22. The smallest absolute Gasteiger partial charge is 0.243 e. The summed E-state index contributed by atoms with van der Waals surface area (Å²) in [6, 6.07) is 5.69. The molecular weight excluding hydrogens is 310 g/mol. The zero-order chi connectivity index (χ0) is 13.9. The maximum Gasteiger partial charge on any atom is 0.243 e. The molecule has 21 heavy (non-hydrogen) atoms.